The van der Waals surface area contributed by atoms with Gasteiger partial charge in [0.05, 0.1) is 27.8 Å². The molecule has 0 fully saturated rings. The predicted molar refractivity (Wildman–Crippen MR) is 79.5 cm³/mol. The number of Topliss-reactive ketones (excluding diaryl/α,β-unsaturated/α-hetero) is 1. The molecule has 0 bridgehead atoms. The Hall–Kier alpha value is -1.49. The van der Waals surface area contributed by atoms with Crippen molar-refractivity contribution in [1.29, 1.82) is 0 Å². The molecule has 5 heteroatoms. The lowest BCUT2D eigenvalue weighted by Crippen LogP contribution is -2.10. The Balaban J connectivity index is 2.33. The van der Waals surface area contributed by atoms with Crippen LogP contribution in [0.25, 0.3) is 0 Å². The average molecular weight is 339 g/mol. The summed E-state index contributed by atoms with van der Waals surface area (Å²) in [6.07, 6.45) is 0.909. The maximum atomic E-state index is 13.7. The minimum Gasteiger partial charge on any atom is -0.294 e. The third kappa shape index (κ3) is 2.82. The van der Waals surface area contributed by atoms with E-state index in [1.54, 1.807) is 23.9 Å². The molecule has 2 rings (SSSR count). The molecule has 0 aliphatic heterocycles. The van der Waals surface area contributed by atoms with E-state index in [1.165, 1.54) is 6.07 Å². The van der Waals surface area contributed by atoms with E-state index in [0.29, 0.717) is 0 Å². The van der Waals surface area contributed by atoms with Crippen LogP contribution in [0, 0.1) is 12.7 Å². The number of halogens is 2. The molecule has 20 heavy (non-hydrogen) atoms. The highest BCUT2D eigenvalue weighted by Gasteiger charge is 2.19. The van der Waals surface area contributed by atoms with Crippen molar-refractivity contribution in [3.8, 4) is 0 Å². The SMILES string of the molecule is CCc1nn(C)c(CC(=O)c2cc(C)ccc2F)c1Br. The van der Waals surface area contributed by atoms with Crippen LogP contribution in [0.4, 0.5) is 4.39 Å². The molecule has 2 aromatic rings. The van der Waals surface area contributed by atoms with E-state index in [4.69, 9.17) is 0 Å². The highest BCUT2D eigenvalue weighted by molar-refractivity contribution is 9.10. The first-order valence-corrected chi connectivity index (χ1v) is 7.23. The van der Waals surface area contributed by atoms with E-state index in [2.05, 4.69) is 21.0 Å². The molecule has 0 N–H and O–H groups in total. The van der Waals surface area contributed by atoms with E-state index < -0.39 is 5.82 Å². The van der Waals surface area contributed by atoms with Crippen molar-refractivity contribution in [3.63, 3.8) is 0 Å². The molecule has 0 spiro atoms. The average Bonchev–Trinajstić information content (AvgIpc) is 2.68. The molecule has 0 aliphatic rings. The van der Waals surface area contributed by atoms with E-state index >= 15 is 0 Å². The summed E-state index contributed by atoms with van der Waals surface area (Å²) >= 11 is 3.47. The number of rotatable bonds is 4. The summed E-state index contributed by atoms with van der Waals surface area (Å²) in [5.41, 5.74) is 2.68. The van der Waals surface area contributed by atoms with Crippen LogP contribution in [0.15, 0.2) is 22.7 Å². The van der Waals surface area contributed by atoms with Crippen molar-refractivity contribution < 1.29 is 9.18 Å². The predicted octanol–water partition coefficient (Wildman–Crippen LogP) is 3.62. The van der Waals surface area contributed by atoms with Gasteiger partial charge in [-0.15, -0.1) is 0 Å². The molecule has 0 unspecified atom stereocenters. The topological polar surface area (TPSA) is 34.9 Å². The van der Waals surface area contributed by atoms with Crippen LogP contribution < -0.4 is 0 Å². The summed E-state index contributed by atoms with van der Waals surface area (Å²) < 4.78 is 16.3. The number of benzene rings is 1. The molecule has 106 valence electrons. The van der Waals surface area contributed by atoms with Gasteiger partial charge in [-0.3, -0.25) is 9.48 Å². The largest absolute Gasteiger partial charge is 0.294 e. The van der Waals surface area contributed by atoms with Gasteiger partial charge in [0.25, 0.3) is 0 Å². The van der Waals surface area contributed by atoms with Gasteiger partial charge in [0.1, 0.15) is 5.82 Å². The number of ketones is 1. The molecular weight excluding hydrogens is 323 g/mol. The first-order valence-electron chi connectivity index (χ1n) is 6.43. The smallest absolute Gasteiger partial charge is 0.171 e. The molecule has 1 aromatic heterocycles. The maximum Gasteiger partial charge on any atom is 0.171 e. The fourth-order valence-electron chi connectivity index (χ4n) is 2.11. The third-order valence-corrected chi connectivity index (χ3v) is 4.17. The van der Waals surface area contributed by atoms with Gasteiger partial charge >= 0.3 is 0 Å². The Morgan fingerprint density at radius 1 is 1.45 bits per heavy atom. The van der Waals surface area contributed by atoms with Gasteiger partial charge in [0, 0.05) is 7.05 Å². The van der Waals surface area contributed by atoms with Crippen molar-refractivity contribution in [2.75, 3.05) is 0 Å². The molecular formula is C15H16BrFN2O. The van der Waals surface area contributed by atoms with Gasteiger partial charge in [-0.25, -0.2) is 4.39 Å². The highest BCUT2D eigenvalue weighted by atomic mass is 79.9. The summed E-state index contributed by atoms with van der Waals surface area (Å²) in [7, 11) is 1.79. The fraction of sp³-hybridized carbons (Fsp3) is 0.333. The maximum absolute atomic E-state index is 13.7. The number of nitrogens with zero attached hydrogens (tertiary/aromatic N) is 2. The first-order chi connectivity index (χ1) is 9.43. The molecule has 0 aliphatic carbocycles. The minimum absolute atomic E-state index is 0.129. The standard InChI is InChI=1S/C15H16BrFN2O/c1-4-12-15(16)13(19(3)18-12)8-14(20)10-7-9(2)5-6-11(10)17/h5-7H,4,8H2,1-3H3. The number of aromatic nitrogens is 2. The summed E-state index contributed by atoms with van der Waals surface area (Å²) in [5, 5.41) is 4.34. The van der Waals surface area contributed by atoms with E-state index in [0.717, 1.165) is 27.8 Å². The van der Waals surface area contributed by atoms with Crippen LogP contribution in [0.5, 0.6) is 0 Å². The monoisotopic (exact) mass is 338 g/mol. The number of hydrogen-bond donors (Lipinski definition) is 0. The zero-order valence-electron chi connectivity index (χ0n) is 11.7. The zero-order valence-corrected chi connectivity index (χ0v) is 13.3. The number of hydrogen-bond acceptors (Lipinski definition) is 2. The van der Waals surface area contributed by atoms with Gasteiger partial charge in [-0.2, -0.15) is 5.10 Å². The molecule has 0 radical (unpaired) electrons. The summed E-state index contributed by atoms with van der Waals surface area (Å²) in [6, 6.07) is 4.57. The Bertz CT molecular complexity index is 664. The van der Waals surface area contributed by atoms with E-state index in [-0.39, 0.29) is 17.8 Å². The van der Waals surface area contributed by atoms with Crippen LogP contribution in [0.2, 0.25) is 0 Å². The summed E-state index contributed by atoms with van der Waals surface area (Å²) in [4.78, 5) is 12.3. The van der Waals surface area contributed by atoms with Gasteiger partial charge in [-0.05, 0) is 41.4 Å². The zero-order chi connectivity index (χ0) is 14.9. The Morgan fingerprint density at radius 3 is 2.75 bits per heavy atom. The number of aryl methyl sites for hydroxylation is 3. The van der Waals surface area contributed by atoms with Crippen molar-refractivity contribution >= 4 is 21.7 Å². The molecule has 1 heterocycles. The molecule has 3 nitrogen and oxygen atoms in total. The van der Waals surface area contributed by atoms with Crippen LogP contribution in [-0.4, -0.2) is 15.6 Å². The Kier molecular flexibility index (Phi) is 4.38. The molecule has 1 aromatic carbocycles. The first kappa shape index (κ1) is 14.9. The van der Waals surface area contributed by atoms with Gasteiger partial charge in [0.2, 0.25) is 0 Å². The van der Waals surface area contributed by atoms with Crippen LogP contribution >= 0.6 is 15.9 Å². The normalized spacial score (nSPS) is 10.8. The number of carbonyl (C=O) groups excluding carboxylic acids is 1. The van der Waals surface area contributed by atoms with Gasteiger partial charge < -0.3 is 0 Å². The van der Waals surface area contributed by atoms with Crippen molar-refractivity contribution in [2.45, 2.75) is 26.7 Å². The lowest BCUT2D eigenvalue weighted by atomic mass is 10.0. The number of carbonyl (C=O) groups is 1. The third-order valence-electron chi connectivity index (χ3n) is 3.25. The Morgan fingerprint density at radius 2 is 2.15 bits per heavy atom. The van der Waals surface area contributed by atoms with Gasteiger partial charge in [-0.1, -0.05) is 18.6 Å². The van der Waals surface area contributed by atoms with Crippen LogP contribution in [0.3, 0.4) is 0 Å². The minimum atomic E-state index is -0.477. The molecule has 0 saturated carbocycles. The van der Waals surface area contributed by atoms with E-state index in [9.17, 15) is 9.18 Å². The second kappa shape index (κ2) is 5.87. The van der Waals surface area contributed by atoms with Crippen molar-refractivity contribution in [1.82, 2.24) is 9.78 Å². The van der Waals surface area contributed by atoms with Crippen LogP contribution in [0.1, 0.15) is 34.2 Å². The van der Waals surface area contributed by atoms with Crippen LogP contribution in [-0.2, 0) is 19.9 Å². The lowest BCUT2D eigenvalue weighted by Gasteiger charge is -2.05. The fourth-order valence-corrected chi connectivity index (χ4v) is 2.87. The quantitative estimate of drug-likeness (QED) is 0.798. The van der Waals surface area contributed by atoms with E-state index in [1.807, 2.05) is 13.8 Å². The molecule has 0 atom stereocenters. The summed E-state index contributed by atoms with van der Waals surface area (Å²) in [6.45, 7) is 3.84. The van der Waals surface area contributed by atoms with Crippen molar-refractivity contribution in [3.05, 3.63) is 51.0 Å². The molecule has 0 amide bonds. The molecule has 0 saturated heterocycles. The second-order valence-electron chi connectivity index (χ2n) is 4.77. The summed E-state index contributed by atoms with van der Waals surface area (Å²) in [5.74, 6) is -0.716. The highest BCUT2D eigenvalue weighted by Crippen LogP contribution is 2.23. The lowest BCUT2D eigenvalue weighted by molar-refractivity contribution is 0.0986. The van der Waals surface area contributed by atoms with Crippen molar-refractivity contribution in [2.24, 2.45) is 7.05 Å². The second-order valence-corrected chi connectivity index (χ2v) is 5.56. The Labute approximate surface area is 125 Å². The van der Waals surface area contributed by atoms with Gasteiger partial charge in [0.15, 0.2) is 5.78 Å².